The van der Waals surface area contributed by atoms with E-state index in [1.54, 1.807) is 6.92 Å². The predicted octanol–water partition coefficient (Wildman–Crippen LogP) is 2.56. The van der Waals surface area contributed by atoms with Crippen molar-refractivity contribution in [3.8, 4) is 0 Å². The summed E-state index contributed by atoms with van der Waals surface area (Å²) in [5.41, 5.74) is 6.67. The highest BCUT2D eigenvalue weighted by atomic mass is 32.1. The number of thiophene rings is 1. The average molecular weight is 296 g/mol. The monoisotopic (exact) mass is 296 g/mol. The van der Waals surface area contributed by atoms with Gasteiger partial charge in [0.25, 0.3) is 0 Å². The lowest BCUT2D eigenvalue weighted by Gasteiger charge is -2.16. The molecular weight excluding hydrogens is 276 g/mol. The molecule has 0 amide bonds. The summed E-state index contributed by atoms with van der Waals surface area (Å²) in [6.45, 7) is 4.74. The van der Waals surface area contributed by atoms with E-state index in [-0.39, 0.29) is 24.0 Å². The van der Waals surface area contributed by atoms with E-state index in [0.29, 0.717) is 15.4 Å². The zero-order valence-electron chi connectivity index (χ0n) is 12.1. The molecule has 1 aromatic rings. The number of hydrogen-bond acceptors (Lipinski definition) is 6. The number of nitrogens with zero attached hydrogens (tertiary/aromatic N) is 1. The molecule has 1 heterocycles. The van der Waals surface area contributed by atoms with Crippen LogP contribution in [0, 0.1) is 5.92 Å². The van der Waals surface area contributed by atoms with E-state index in [4.69, 9.17) is 10.5 Å². The Morgan fingerprint density at radius 3 is 2.55 bits per heavy atom. The molecule has 0 bridgehead atoms. The highest BCUT2D eigenvalue weighted by Gasteiger charge is 2.35. The van der Waals surface area contributed by atoms with Crippen LogP contribution in [-0.2, 0) is 4.74 Å². The van der Waals surface area contributed by atoms with E-state index < -0.39 is 5.97 Å². The Kier molecular flexibility index (Phi) is 4.32. The van der Waals surface area contributed by atoms with Gasteiger partial charge in [0, 0.05) is 19.5 Å². The van der Waals surface area contributed by atoms with Gasteiger partial charge >= 0.3 is 5.97 Å². The number of ketones is 1. The summed E-state index contributed by atoms with van der Waals surface area (Å²) < 4.78 is 5.06. The molecule has 0 unspecified atom stereocenters. The molecule has 5 nitrogen and oxygen atoms in total. The minimum Gasteiger partial charge on any atom is -0.462 e. The molecule has 0 spiro atoms. The van der Waals surface area contributed by atoms with Crippen LogP contribution in [0.4, 0.5) is 10.7 Å². The smallest absolute Gasteiger partial charge is 0.343 e. The van der Waals surface area contributed by atoms with E-state index in [2.05, 4.69) is 0 Å². The zero-order chi connectivity index (χ0) is 14.9. The summed E-state index contributed by atoms with van der Waals surface area (Å²) in [7, 11) is 1.87. The van der Waals surface area contributed by atoms with Crippen LogP contribution in [0.2, 0.25) is 0 Å². The lowest BCUT2D eigenvalue weighted by molar-refractivity contribution is 0.0529. The van der Waals surface area contributed by atoms with Gasteiger partial charge in [0.2, 0.25) is 0 Å². The maximum absolute atomic E-state index is 12.2. The van der Waals surface area contributed by atoms with E-state index in [1.807, 2.05) is 18.9 Å². The number of Topliss-reactive ketones (excluding diaryl/α,β-unsaturated/α-hetero) is 1. The van der Waals surface area contributed by atoms with Gasteiger partial charge in [-0.1, -0.05) is 0 Å². The van der Waals surface area contributed by atoms with Crippen LogP contribution in [0.3, 0.4) is 0 Å². The molecule has 0 atom stereocenters. The number of esters is 1. The van der Waals surface area contributed by atoms with Crippen molar-refractivity contribution in [2.75, 3.05) is 30.8 Å². The highest BCUT2D eigenvalue weighted by Crippen LogP contribution is 2.43. The molecule has 0 aromatic carbocycles. The first-order valence-corrected chi connectivity index (χ1v) is 7.67. The molecule has 20 heavy (non-hydrogen) atoms. The van der Waals surface area contributed by atoms with Crippen molar-refractivity contribution >= 4 is 33.8 Å². The third-order valence-electron chi connectivity index (χ3n) is 3.40. The van der Waals surface area contributed by atoms with Crippen LogP contribution in [0.1, 0.15) is 46.7 Å². The maximum atomic E-state index is 12.2. The van der Waals surface area contributed by atoms with Crippen molar-refractivity contribution in [1.82, 2.24) is 0 Å². The van der Waals surface area contributed by atoms with Crippen LogP contribution in [0.15, 0.2) is 0 Å². The summed E-state index contributed by atoms with van der Waals surface area (Å²) >= 11 is 1.30. The second-order valence-electron chi connectivity index (χ2n) is 4.90. The molecule has 1 aliphatic rings. The van der Waals surface area contributed by atoms with Crippen LogP contribution in [0.25, 0.3) is 0 Å². The number of carbonyl (C=O) groups excluding carboxylic acids is 2. The normalized spacial score (nSPS) is 14.2. The second-order valence-corrected chi connectivity index (χ2v) is 5.90. The number of nitrogen functional groups attached to an aromatic ring is 1. The van der Waals surface area contributed by atoms with Gasteiger partial charge in [-0.2, -0.15) is 0 Å². The van der Waals surface area contributed by atoms with Crippen LogP contribution in [-0.4, -0.2) is 32.0 Å². The topological polar surface area (TPSA) is 72.6 Å². The zero-order valence-corrected chi connectivity index (χ0v) is 12.9. The average Bonchev–Trinajstić information content (AvgIpc) is 3.21. The van der Waals surface area contributed by atoms with Crippen molar-refractivity contribution in [2.45, 2.75) is 26.7 Å². The van der Waals surface area contributed by atoms with E-state index >= 15 is 0 Å². The fourth-order valence-electron chi connectivity index (χ4n) is 1.96. The largest absolute Gasteiger partial charge is 0.462 e. The minimum absolute atomic E-state index is 0.0637. The van der Waals surface area contributed by atoms with Gasteiger partial charge < -0.3 is 15.4 Å². The second kappa shape index (κ2) is 5.83. The lowest BCUT2D eigenvalue weighted by Crippen LogP contribution is -2.18. The van der Waals surface area contributed by atoms with E-state index in [1.165, 1.54) is 11.3 Å². The molecule has 0 saturated heterocycles. The third-order valence-corrected chi connectivity index (χ3v) is 4.73. The molecule has 1 saturated carbocycles. The van der Waals surface area contributed by atoms with Crippen molar-refractivity contribution in [3.63, 3.8) is 0 Å². The third kappa shape index (κ3) is 2.65. The van der Waals surface area contributed by atoms with Gasteiger partial charge in [0.05, 0.1) is 17.2 Å². The number of nitrogens with two attached hydrogens (primary N) is 1. The summed E-state index contributed by atoms with van der Waals surface area (Å²) in [5, 5.41) is 0.715. The Morgan fingerprint density at radius 1 is 1.40 bits per heavy atom. The molecule has 6 heteroatoms. The number of hydrogen-bond donors (Lipinski definition) is 1. The Bertz CT molecular complexity index is 535. The predicted molar refractivity (Wildman–Crippen MR) is 80.7 cm³/mol. The first-order valence-electron chi connectivity index (χ1n) is 6.85. The van der Waals surface area contributed by atoms with E-state index in [9.17, 15) is 9.59 Å². The van der Waals surface area contributed by atoms with Gasteiger partial charge in [-0.25, -0.2) is 4.79 Å². The van der Waals surface area contributed by atoms with Crippen molar-refractivity contribution < 1.29 is 14.3 Å². The molecule has 0 aliphatic heterocycles. The number of carbonyl (C=O) groups is 2. The molecule has 2 rings (SSSR count). The van der Waals surface area contributed by atoms with Crippen molar-refractivity contribution in [3.05, 3.63) is 10.4 Å². The van der Waals surface area contributed by atoms with Crippen LogP contribution in [0.5, 0.6) is 0 Å². The molecular formula is C14H20N2O3S. The Balaban J connectivity index is 2.45. The fourth-order valence-corrected chi connectivity index (χ4v) is 3.21. The Morgan fingerprint density at radius 2 is 2.05 bits per heavy atom. The van der Waals surface area contributed by atoms with Gasteiger partial charge in [0.1, 0.15) is 10.6 Å². The highest BCUT2D eigenvalue weighted by molar-refractivity contribution is 7.19. The van der Waals surface area contributed by atoms with Gasteiger partial charge in [-0.05, 0) is 26.7 Å². The Hall–Kier alpha value is -1.56. The summed E-state index contributed by atoms with van der Waals surface area (Å²) in [6, 6.07) is 0. The molecule has 1 fully saturated rings. The first kappa shape index (κ1) is 14.8. The number of anilines is 2. The fraction of sp³-hybridized carbons (Fsp3) is 0.571. The standard InChI is InChI=1S/C14H20N2O3S/c1-4-16(3)13-9(14(18)19-5-2)10(15)12(20-13)11(17)8-6-7-8/h8H,4-7,15H2,1-3H3. The Labute approximate surface area is 122 Å². The number of rotatable bonds is 6. The van der Waals surface area contributed by atoms with Crippen molar-refractivity contribution in [2.24, 2.45) is 5.92 Å². The SMILES string of the molecule is CCOC(=O)c1c(N(C)CC)sc(C(=O)C2CC2)c1N. The molecule has 1 aromatic heterocycles. The molecule has 1 aliphatic carbocycles. The van der Waals surface area contributed by atoms with E-state index in [0.717, 1.165) is 19.4 Å². The minimum atomic E-state index is -0.452. The van der Waals surface area contributed by atoms with Gasteiger partial charge in [-0.3, -0.25) is 4.79 Å². The lowest BCUT2D eigenvalue weighted by atomic mass is 10.1. The quantitative estimate of drug-likeness (QED) is 0.645. The summed E-state index contributed by atoms with van der Waals surface area (Å²) in [6.07, 6.45) is 1.84. The van der Waals surface area contributed by atoms with Crippen LogP contribution < -0.4 is 10.6 Å². The summed E-state index contributed by atoms with van der Waals surface area (Å²) in [4.78, 5) is 26.8. The molecule has 110 valence electrons. The number of ether oxygens (including phenoxy) is 1. The summed E-state index contributed by atoms with van der Waals surface area (Å²) in [5.74, 6) is -0.300. The first-order chi connectivity index (χ1) is 9.51. The molecule has 0 radical (unpaired) electrons. The molecule has 2 N–H and O–H groups in total. The van der Waals surface area contributed by atoms with Crippen molar-refractivity contribution in [1.29, 1.82) is 0 Å². The van der Waals surface area contributed by atoms with Gasteiger partial charge in [-0.15, -0.1) is 11.3 Å². The van der Waals surface area contributed by atoms with Gasteiger partial charge in [0.15, 0.2) is 5.78 Å². The maximum Gasteiger partial charge on any atom is 0.343 e. The van der Waals surface area contributed by atoms with Crippen LogP contribution >= 0.6 is 11.3 Å².